The molecule has 0 spiro atoms. The lowest BCUT2D eigenvalue weighted by Gasteiger charge is -2.26. The van der Waals surface area contributed by atoms with Crippen LogP contribution >= 0.6 is 0 Å². The number of carbonyl (C=O) groups is 2. The molecule has 0 aliphatic carbocycles. The number of aliphatic carboxylic acids is 1. The first kappa shape index (κ1) is 15.3. The number of benzene rings is 1. The van der Waals surface area contributed by atoms with E-state index in [-0.39, 0.29) is 5.91 Å². The van der Waals surface area contributed by atoms with E-state index in [1.807, 2.05) is 29.2 Å². The number of hydrogen-bond acceptors (Lipinski definition) is 3. The third kappa shape index (κ3) is 4.72. The number of hydrogen-bond donors (Lipinski definition) is 1. The van der Waals surface area contributed by atoms with Crippen LogP contribution in [0.3, 0.4) is 0 Å². The highest BCUT2D eigenvalue weighted by atomic mass is 16.5. The number of rotatable bonds is 5. The van der Waals surface area contributed by atoms with Gasteiger partial charge < -0.3 is 14.7 Å². The molecule has 1 fully saturated rings. The fourth-order valence-corrected chi connectivity index (χ4v) is 2.30. The van der Waals surface area contributed by atoms with Gasteiger partial charge in [0.1, 0.15) is 0 Å². The molecule has 1 heterocycles. The minimum absolute atomic E-state index is 0.121. The van der Waals surface area contributed by atoms with E-state index in [1.54, 1.807) is 6.08 Å². The molecule has 0 atom stereocenters. The van der Waals surface area contributed by atoms with Crippen molar-refractivity contribution in [2.24, 2.45) is 0 Å². The average Bonchev–Trinajstić information content (AvgIpc) is 2.52. The van der Waals surface area contributed by atoms with Crippen LogP contribution in [0.25, 0.3) is 6.08 Å². The summed E-state index contributed by atoms with van der Waals surface area (Å²) in [4.78, 5) is 24.5. The van der Waals surface area contributed by atoms with Gasteiger partial charge in [-0.2, -0.15) is 0 Å². The minimum Gasteiger partial charge on any atom is -0.478 e. The SMILES string of the molecule is O=C(O)/C=C/c1ccccc1CCC(=O)N1CCOCC1. The van der Waals surface area contributed by atoms with E-state index < -0.39 is 5.97 Å². The van der Waals surface area contributed by atoms with E-state index in [9.17, 15) is 9.59 Å². The van der Waals surface area contributed by atoms with Crippen LogP contribution in [0.4, 0.5) is 0 Å². The Labute approximate surface area is 123 Å². The predicted octanol–water partition coefficient (Wildman–Crippen LogP) is 1.58. The Morgan fingerprint density at radius 2 is 1.95 bits per heavy atom. The van der Waals surface area contributed by atoms with Gasteiger partial charge in [0.15, 0.2) is 0 Å². The molecule has 1 aromatic rings. The first-order valence-electron chi connectivity index (χ1n) is 7.01. The van der Waals surface area contributed by atoms with Crippen molar-refractivity contribution in [3.63, 3.8) is 0 Å². The molecule has 1 aliphatic rings. The summed E-state index contributed by atoms with van der Waals surface area (Å²) in [6.45, 7) is 2.51. The van der Waals surface area contributed by atoms with Gasteiger partial charge in [-0.25, -0.2) is 4.79 Å². The van der Waals surface area contributed by atoms with Crippen molar-refractivity contribution < 1.29 is 19.4 Å². The molecule has 21 heavy (non-hydrogen) atoms. The first-order valence-corrected chi connectivity index (χ1v) is 7.01. The van der Waals surface area contributed by atoms with Crippen molar-refractivity contribution in [1.29, 1.82) is 0 Å². The highest BCUT2D eigenvalue weighted by molar-refractivity contribution is 5.85. The van der Waals surface area contributed by atoms with Gasteiger partial charge in [-0.05, 0) is 23.6 Å². The molecular formula is C16H19NO4. The maximum atomic E-state index is 12.1. The lowest BCUT2D eigenvalue weighted by atomic mass is 10.0. The van der Waals surface area contributed by atoms with Gasteiger partial charge in [0, 0.05) is 25.6 Å². The topological polar surface area (TPSA) is 66.8 Å². The third-order valence-corrected chi connectivity index (χ3v) is 3.43. The van der Waals surface area contributed by atoms with Gasteiger partial charge >= 0.3 is 5.97 Å². The number of aryl methyl sites for hydroxylation is 1. The second kappa shape index (κ2) is 7.59. The molecule has 1 saturated heterocycles. The Bertz CT molecular complexity index is 533. The molecule has 5 nitrogen and oxygen atoms in total. The van der Waals surface area contributed by atoms with Crippen LogP contribution in [0.2, 0.25) is 0 Å². The number of carboxylic acid groups (broad SMARTS) is 1. The smallest absolute Gasteiger partial charge is 0.328 e. The van der Waals surface area contributed by atoms with E-state index in [4.69, 9.17) is 9.84 Å². The Balaban J connectivity index is 1.96. The summed E-state index contributed by atoms with van der Waals surface area (Å²) in [5.74, 6) is -0.857. The monoisotopic (exact) mass is 289 g/mol. The fourth-order valence-electron chi connectivity index (χ4n) is 2.30. The Kier molecular flexibility index (Phi) is 5.51. The van der Waals surface area contributed by atoms with E-state index >= 15 is 0 Å². The zero-order valence-corrected chi connectivity index (χ0v) is 11.8. The van der Waals surface area contributed by atoms with Crippen molar-refractivity contribution in [2.45, 2.75) is 12.8 Å². The summed E-state index contributed by atoms with van der Waals surface area (Å²) in [5.41, 5.74) is 1.83. The van der Waals surface area contributed by atoms with E-state index in [1.165, 1.54) is 0 Å². The van der Waals surface area contributed by atoms with Gasteiger partial charge in [-0.3, -0.25) is 4.79 Å². The first-order chi connectivity index (χ1) is 10.2. The number of amides is 1. The van der Waals surface area contributed by atoms with Crippen LogP contribution in [0.5, 0.6) is 0 Å². The normalized spacial score (nSPS) is 15.3. The number of ether oxygens (including phenoxy) is 1. The van der Waals surface area contributed by atoms with Gasteiger partial charge in [0.25, 0.3) is 0 Å². The summed E-state index contributed by atoms with van der Waals surface area (Å²) in [6.07, 6.45) is 3.72. The standard InChI is InChI=1S/C16H19NO4/c18-15(17-9-11-21-12-10-17)7-5-13-3-1-2-4-14(13)6-8-16(19)20/h1-4,6,8H,5,7,9-12H2,(H,19,20)/b8-6+. The molecule has 0 saturated carbocycles. The molecule has 0 aromatic heterocycles. The largest absolute Gasteiger partial charge is 0.478 e. The highest BCUT2D eigenvalue weighted by Crippen LogP contribution is 2.14. The van der Waals surface area contributed by atoms with Crippen molar-refractivity contribution in [1.82, 2.24) is 4.90 Å². The maximum Gasteiger partial charge on any atom is 0.328 e. The van der Waals surface area contributed by atoms with Crippen LogP contribution in [-0.2, 0) is 20.7 Å². The number of nitrogens with zero attached hydrogens (tertiary/aromatic N) is 1. The van der Waals surface area contributed by atoms with E-state index in [0.29, 0.717) is 39.1 Å². The molecule has 1 N–H and O–H groups in total. The van der Waals surface area contributed by atoms with Crippen LogP contribution in [-0.4, -0.2) is 48.2 Å². The van der Waals surface area contributed by atoms with E-state index in [0.717, 1.165) is 17.2 Å². The average molecular weight is 289 g/mol. The molecular weight excluding hydrogens is 270 g/mol. The minimum atomic E-state index is -0.978. The zero-order chi connectivity index (χ0) is 15.1. The molecule has 0 radical (unpaired) electrons. The van der Waals surface area contributed by atoms with Crippen LogP contribution in [0.15, 0.2) is 30.3 Å². The lowest BCUT2D eigenvalue weighted by molar-refractivity contribution is -0.135. The van der Waals surface area contributed by atoms with Gasteiger partial charge in [0.05, 0.1) is 13.2 Å². The third-order valence-electron chi connectivity index (χ3n) is 3.43. The van der Waals surface area contributed by atoms with Gasteiger partial charge in [0.2, 0.25) is 5.91 Å². The molecule has 1 amide bonds. The summed E-state index contributed by atoms with van der Waals surface area (Å²) in [5, 5.41) is 8.69. The van der Waals surface area contributed by atoms with Crippen molar-refractivity contribution in [2.75, 3.05) is 26.3 Å². The molecule has 1 aromatic carbocycles. The van der Waals surface area contributed by atoms with E-state index in [2.05, 4.69) is 0 Å². The predicted molar refractivity (Wildman–Crippen MR) is 78.8 cm³/mol. The molecule has 0 bridgehead atoms. The van der Waals surface area contributed by atoms with Gasteiger partial charge in [-0.15, -0.1) is 0 Å². The second-order valence-corrected chi connectivity index (χ2v) is 4.86. The number of carboxylic acids is 1. The second-order valence-electron chi connectivity index (χ2n) is 4.86. The molecule has 112 valence electrons. The molecule has 5 heteroatoms. The summed E-state index contributed by atoms with van der Waals surface area (Å²) < 4.78 is 5.23. The molecule has 1 aliphatic heterocycles. The maximum absolute atomic E-state index is 12.1. The number of morpholine rings is 1. The molecule has 0 unspecified atom stereocenters. The quantitative estimate of drug-likeness (QED) is 0.836. The zero-order valence-electron chi connectivity index (χ0n) is 11.8. The van der Waals surface area contributed by atoms with Gasteiger partial charge in [-0.1, -0.05) is 24.3 Å². The van der Waals surface area contributed by atoms with Crippen molar-refractivity contribution >= 4 is 18.0 Å². The van der Waals surface area contributed by atoms with Crippen LogP contribution in [0, 0.1) is 0 Å². The highest BCUT2D eigenvalue weighted by Gasteiger charge is 2.16. The summed E-state index contributed by atoms with van der Waals surface area (Å²) >= 11 is 0. The van der Waals surface area contributed by atoms with Crippen LogP contribution < -0.4 is 0 Å². The summed E-state index contributed by atoms with van der Waals surface area (Å²) in [6, 6.07) is 7.53. The number of carbonyl (C=O) groups excluding carboxylic acids is 1. The van der Waals surface area contributed by atoms with Crippen LogP contribution in [0.1, 0.15) is 17.5 Å². The van der Waals surface area contributed by atoms with Crippen molar-refractivity contribution in [3.8, 4) is 0 Å². The fraction of sp³-hybridized carbons (Fsp3) is 0.375. The Hall–Kier alpha value is -2.14. The summed E-state index contributed by atoms with van der Waals surface area (Å²) in [7, 11) is 0. The Morgan fingerprint density at radius 1 is 1.24 bits per heavy atom. The lowest BCUT2D eigenvalue weighted by Crippen LogP contribution is -2.40. The van der Waals surface area contributed by atoms with Crippen molar-refractivity contribution in [3.05, 3.63) is 41.5 Å². The Morgan fingerprint density at radius 3 is 2.67 bits per heavy atom. The molecule has 2 rings (SSSR count).